The smallest absolute Gasteiger partial charge is 0.135 e. The van der Waals surface area contributed by atoms with Crippen molar-refractivity contribution in [2.45, 2.75) is 0 Å². The van der Waals surface area contributed by atoms with Crippen molar-refractivity contribution in [3.63, 3.8) is 0 Å². The molecule has 0 aliphatic carbocycles. The Hall–Kier alpha value is -7.62. The van der Waals surface area contributed by atoms with Crippen LogP contribution < -0.4 is 0 Å². The van der Waals surface area contributed by atoms with Gasteiger partial charge in [-0.25, -0.2) is 0 Å². The largest absolute Gasteiger partial charge is 0.456 e. The summed E-state index contributed by atoms with van der Waals surface area (Å²) in [6, 6.07) is 74.5. The molecule has 0 saturated heterocycles. The van der Waals surface area contributed by atoms with Gasteiger partial charge in [0.2, 0.25) is 0 Å². The van der Waals surface area contributed by atoms with E-state index in [-0.39, 0.29) is 0 Å². The van der Waals surface area contributed by atoms with Crippen LogP contribution in [-0.2, 0) is 0 Å². The number of rotatable bonds is 5. The Kier molecular flexibility index (Phi) is 6.93. The minimum Gasteiger partial charge on any atom is -0.456 e. The predicted octanol–water partition coefficient (Wildman–Crippen LogP) is 14.8. The fraction of sp³-hybridized carbons (Fsp3) is 0. The quantitative estimate of drug-likeness (QED) is 0.173. The lowest BCUT2D eigenvalue weighted by Gasteiger charge is -2.16. The van der Waals surface area contributed by atoms with E-state index in [1.165, 1.54) is 71.5 Å². The highest BCUT2D eigenvalue weighted by Gasteiger charge is 2.22. The van der Waals surface area contributed by atoms with E-state index in [1.807, 2.05) is 0 Å². The summed E-state index contributed by atoms with van der Waals surface area (Å²) in [6.45, 7) is 0. The third kappa shape index (κ3) is 4.86. The SMILES string of the molecule is c1ccc(-c2ccc3c(c2)c2ccc(-c4ccccc4)c(-c4ccccc4)c2n3-c2ccc3oc4ccc(-n5c6ccccc6c6ccccc65)cc4c3c2)cc1. The molecule has 0 fully saturated rings. The lowest BCUT2D eigenvalue weighted by atomic mass is 9.92. The second-order valence-corrected chi connectivity index (χ2v) is 14.9. The van der Waals surface area contributed by atoms with Gasteiger partial charge in [0.15, 0.2) is 0 Å². The molecule has 0 amide bonds. The van der Waals surface area contributed by atoms with Crippen molar-refractivity contribution < 1.29 is 4.42 Å². The van der Waals surface area contributed by atoms with Gasteiger partial charge < -0.3 is 13.6 Å². The molecule has 0 aliphatic heterocycles. The Morgan fingerprint density at radius 1 is 0.298 bits per heavy atom. The number of para-hydroxylation sites is 2. The van der Waals surface area contributed by atoms with E-state index in [0.29, 0.717) is 0 Å². The summed E-state index contributed by atoms with van der Waals surface area (Å²) in [5.41, 5.74) is 15.8. The number of aromatic nitrogens is 2. The molecule has 12 aromatic rings. The van der Waals surface area contributed by atoms with Gasteiger partial charge in [-0.05, 0) is 88.5 Å². The average molecular weight is 727 g/mol. The van der Waals surface area contributed by atoms with Crippen molar-refractivity contribution >= 4 is 65.6 Å². The van der Waals surface area contributed by atoms with E-state index in [0.717, 1.165) is 38.8 Å². The number of fused-ring (bicyclic) bond motifs is 9. The van der Waals surface area contributed by atoms with Gasteiger partial charge in [0.05, 0.1) is 22.1 Å². The summed E-state index contributed by atoms with van der Waals surface area (Å²) in [6.07, 6.45) is 0. The zero-order valence-electron chi connectivity index (χ0n) is 30.9. The molecule has 3 heteroatoms. The standard InChI is InChI=1S/C54H34N2O/c1-4-14-35(15-5-1)38-24-29-50-45(32-38)44-28-27-41(36-16-6-2-7-17-36)53(37-18-8-3-9-19-37)54(44)56(50)40-26-31-52-47(34-40)46-33-39(25-30-51(46)57-52)55-48-22-12-10-20-42(48)43-21-11-13-23-49(43)55/h1-34H. The first-order valence-corrected chi connectivity index (χ1v) is 19.5. The highest BCUT2D eigenvalue weighted by Crippen LogP contribution is 2.45. The highest BCUT2D eigenvalue weighted by atomic mass is 16.3. The molecule has 12 rings (SSSR count). The normalized spacial score (nSPS) is 11.9. The fourth-order valence-electron chi connectivity index (χ4n) is 9.17. The third-order valence-corrected chi connectivity index (χ3v) is 11.7. The van der Waals surface area contributed by atoms with E-state index < -0.39 is 0 Å². The van der Waals surface area contributed by atoms with Crippen LogP contribution in [0.15, 0.2) is 211 Å². The van der Waals surface area contributed by atoms with Crippen molar-refractivity contribution in [1.82, 2.24) is 9.13 Å². The zero-order valence-corrected chi connectivity index (χ0v) is 30.9. The second-order valence-electron chi connectivity index (χ2n) is 14.9. The molecule has 3 nitrogen and oxygen atoms in total. The topological polar surface area (TPSA) is 23.0 Å². The first-order chi connectivity index (χ1) is 28.3. The van der Waals surface area contributed by atoms with Crippen molar-refractivity contribution in [1.29, 1.82) is 0 Å². The zero-order chi connectivity index (χ0) is 37.5. The molecule has 0 spiro atoms. The fourth-order valence-corrected chi connectivity index (χ4v) is 9.17. The van der Waals surface area contributed by atoms with E-state index in [9.17, 15) is 0 Å². The van der Waals surface area contributed by atoms with E-state index in [4.69, 9.17) is 4.42 Å². The van der Waals surface area contributed by atoms with Crippen LogP contribution in [0.2, 0.25) is 0 Å². The Morgan fingerprint density at radius 3 is 1.46 bits per heavy atom. The summed E-state index contributed by atoms with van der Waals surface area (Å²) in [5.74, 6) is 0. The van der Waals surface area contributed by atoms with E-state index in [2.05, 4.69) is 215 Å². The van der Waals surface area contributed by atoms with Crippen LogP contribution in [0.25, 0.3) is 110 Å². The predicted molar refractivity (Wildman–Crippen MR) is 239 cm³/mol. The molecule has 57 heavy (non-hydrogen) atoms. The average Bonchev–Trinajstić information content (AvgIpc) is 3.94. The van der Waals surface area contributed by atoms with Crippen LogP contribution in [0.3, 0.4) is 0 Å². The van der Waals surface area contributed by atoms with Gasteiger partial charge in [-0.1, -0.05) is 146 Å². The number of benzene rings is 9. The summed E-state index contributed by atoms with van der Waals surface area (Å²) in [5, 5.41) is 7.10. The maximum atomic E-state index is 6.56. The van der Waals surface area contributed by atoms with Gasteiger partial charge in [-0.3, -0.25) is 0 Å². The van der Waals surface area contributed by atoms with Crippen LogP contribution in [0.4, 0.5) is 0 Å². The second kappa shape index (κ2) is 12.5. The molecule has 0 unspecified atom stereocenters. The summed E-state index contributed by atoms with van der Waals surface area (Å²) >= 11 is 0. The molecular weight excluding hydrogens is 693 g/mol. The lowest BCUT2D eigenvalue weighted by Crippen LogP contribution is -1.97. The lowest BCUT2D eigenvalue weighted by molar-refractivity contribution is 0.669. The van der Waals surface area contributed by atoms with E-state index >= 15 is 0 Å². The Bertz CT molecular complexity index is 3440. The van der Waals surface area contributed by atoms with Crippen molar-refractivity contribution in [2.24, 2.45) is 0 Å². The molecule has 9 aromatic carbocycles. The first kappa shape index (κ1) is 31.7. The summed E-state index contributed by atoms with van der Waals surface area (Å²) in [7, 11) is 0. The molecule has 0 aliphatic rings. The van der Waals surface area contributed by atoms with Crippen molar-refractivity contribution in [3.05, 3.63) is 206 Å². The molecule has 0 atom stereocenters. The molecule has 0 saturated carbocycles. The number of furan rings is 1. The van der Waals surface area contributed by atoms with Crippen molar-refractivity contribution in [2.75, 3.05) is 0 Å². The summed E-state index contributed by atoms with van der Waals surface area (Å²) in [4.78, 5) is 0. The van der Waals surface area contributed by atoms with Gasteiger partial charge in [0.25, 0.3) is 0 Å². The van der Waals surface area contributed by atoms with Gasteiger partial charge in [0, 0.05) is 49.3 Å². The van der Waals surface area contributed by atoms with Crippen LogP contribution in [-0.4, -0.2) is 9.13 Å². The highest BCUT2D eigenvalue weighted by molar-refractivity contribution is 6.18. The maximum absolute atomic E-state index is 6.56. The molecule has 0 radical (unpaired) electrons. The van der Waals surface area contributed by atoms with Gasteiger partial charge in [-0.2, -0.15) is 0 Å². The molecule has 0 bridgehead atoms. The van der Waals surface area contributed by atoms with E-state index in [1.54, 1.807) is 0 Å². The van der Waals surface area contributed by atoms with Crippen LogP contribution in [0, 0.1) is 0 Å². The van der Waals surface area contributed by atoms with Gasteiger partial charge in [0.1, 0.15) is 11.2 Å². The first-order valence-electron chi connectivity index (χ1n) is 19.5. The summed E-state index contributed by atoms with van der Waals surface area (Å²) < 4.78 is 11.4. The number of hydrogen-bond donors (Lipinski definition) is 0. The Balaban J connectivity index is 1.16. The number of hydrogen-bond acceptors (Lipinski definition) is 1. The molecule has 0 N–H and O–H groups in total. The molecule has 3 aromatic heterocycles. The Labute approximate surface area is 328 Å². The monoisotopic (exact) mass is 726 g/mol. The minimum atomic E-state index is 0.869. The van der Waals surface area contributed by atoms with Crippen molar-refractivity contribution in [3.8, 4) is 44.8 Å². The van der Waals surface area contributed by atoms with Crippen LogP contribution in [0.5, 0.6) is 0 Å². The minimum absolute atomic E-state index is 0.869. The van der Waals surface area contributed by atoms with Crippen LogP contribution in [0.1, 0.15) is 0 Å². The maximum Gasteiger partial charge on any atom is 0.135 e. The van der Waals surface area contributed by atoms with Gasteiger partial charge in [-0.15, -0.1) is 0 Å². The number of nitrogens with zero attached hydrogens (tertiary/aromatic N) is 2. The molecule has 3 heterocycles. The molecular formula is C54H34N2O. The van der Waals surface area contributed by atoms with Crippen LogP contribution >= 0.6 is 0 Å². The molecule has 266 valence electrons. The van der Waals surface area contributed by atoms with Gasteiger partial charge >= 0.3 is 0 Å². The third-order valence-electron chi connectivity index (χ3n) is 11.7. The Morgan fingerprint density at radius 2 is 0.825 bits per heavy atom.